The molecule has 1 aromatic carbocycles. The molecule has 0 aliphatic carbocycles. The van der Waals surface area contributed by atoms with Crippen LogP contribution in [0.3, 0.4) is 0 Å². The summed E-state index contributed by atoms with van der Waals surface area (Å²) in [6.07, 6.45) is -1.56. The summed E-state index contributed by atoms with van der Waals surface area (Å²) < 4.78 is 0. The van der Waals surface area contributed by atoms with Crippen LogP contribution in [-0.2, 0) is 30.4 Å². The third kappa shape index (κ3) is 12.7. The fourth-order valence-corrected chi connectivity index (χ4v) is 3.48. The molecule has 15 nitrogen and oxygen atoms in total. The second-order valence-corrected chi connectivity index (χ2v) is 8.94. The first-order chi connectivity index (χ1) is 18.3. The summed E-state index contributed by atoms with van der Waals surface area (Å²) in [7, 11) is 0. The maximum atomic E-state index is 13.0. The largest absolute Gasteiger partial charge is 0.480 e. The van der Waals surface area contributed by atoms with Gasteiger partial charge in [0.05, 0.1) is 12.1 Å². The van der Waals surface area contributed by atoms with Gasteiger partial charge in [-0.25, -0.2) is 4.79 Å². The number of nitrogens with one attached hydrogen (secondary N) is 3. The summed E-state index contributed by atoms with van der Waals surface area (Å²) in [6.45, 7) is 1.38. The van der Waals surface area contributed by atoms with Gasteiger partial charge < -0.3 is 49.1 Å². The van der Waals surface area contributed by atoms with Crippen LogP contribution in [0, 0.1) is 0 Å². The minimum atomic E-state index is -1.47. The summed E-state index contributed by atoms with van der Waals surface area (Å²) in [5.41, 5.74) is 22.4. The molecule has 0 radical (unpaired) electrons. The van der Waals surface area contributed by atoms with E-state index in [2.05, 4.69) is 20.9 Å². The Kier molecular flexibility index (Phi) is 13.9. The average molecular weight is 551 g/mol. The van der Waals surface area contributed by atoms with Crippen molar-refractivity contribution in [2.24, 2.45) is 27.9 Å². The number of rotatable bonds is 17. The van der Waals surface area contributed by atoms with Crippen molar-refractivity contribution in [1.29, 1.82) is 0 Å². The number of benzene rings is 1. The molecule has 5 unspecified atom stereocenters. The number of aliphatic imine (C=N–C) groups is 1. The van der Waals surface area contributed by atoms with Crippen molar-refractivity contribution in [3.8, 4) is 0 Å². The molecule has 0 heterocycles. The van der Waals surface area contributed by atoms with Crippen molar-refractivity contribution in [2.75, 3.05) is 6.54 Å². The van der Waals surface area contributed by atoms with Gasteiger partial charge in [-0.3, -0.25) is 24.2 Å². The number of hydrogen-bond donors (Lipinski definition) is 9. The number of aliphatic hydroxyl groups is 1. The van der Waals surface area contributed by atoms with Crippen LogP contribution in [-0.4, -0.2) is 82.6 Å². The van der Waals surface area contributed by atoms with E-state index in [1.807, 2.05) is 6.07 Å². The Morgan fingerprint density at radius 2 is 1.51 bits per heavy atom. The molecule has 5 atom stereocenters. The SMILES string of the molecule is CC(O)C(NC(=O)C(N)Cc1ccccc1)C(=O)NC(CCCN=C(N)N)C(=O)NC(CCC(N)=O)C(=O)O. The quantitative estimate of drug-likeness (QED) is 0.0531. The molecule has 1 aromatic rings. The molecule has 0 bridgehead atoms. The first kappa shape index (κ1) is 32.8. The van der Waals surface area contributed by atoms with Crippen LogP contribution in [0.25, 0.3) is 0 Å². The van der Waals surface area contributed by atoms with Crippen molar-refractivity contribution < 1.29 is 34.2 Å². The molecule has 13 N–H and O–H groups in total. The molecule has 0 fully saturated rings. The average Bonchev–Trinajstić information content (AvgIpc) is 2.86. The number of nitrogens with zero attached hydrogens (tertiary/aromatic N) is 1. The number of nitrogens with two attached hydrogens (primary N) is 4. The number of primary amides is 1. The standard InChI is InChI=1S/C24H38N8O7/c1-13(33)19(32-20(35)15(25)12-14-6-3-2-4-7-14)22(37)30-16(8-5-11-29-24(27)28)21(36)31-17(23(38)39)9-10-18(26)34/h2-4,6-7,13,15-17,19,33H,5,8-12,25H2,1H3,(H2,26,34)(H,30,37)(H,31,36)(H,32,35)(H,38,39)(H4,27,28,29). The van der Waals surface area contributed by atoms with Crippen molar-refractivity contribution >= 4 is 35.6 Å². The number of carboxylic acids is 1. The topological polar surface area (TPSA) is 278 Å². The zero-order valence-corrected chi connectivity index (χ0v) is 21.7. The molecule has 0 aliphatic rings. The molecule has 15 heteroatoms. The second kappa shape index (κ2) is 16.6. The Bertz CT molecular complexity index is 1010. The van der Waals surface area contributed by atoms with Crippen LogP contribution in [0.1, 0.15) is 38.2 Å². The van der Waals surface area contributed by atoms with E-state index in [9.17, 15) is 34.2 Å². The van der Waals surface area contributed by atoms with Gasteiger partial charge in [0, 0.05) is 13.0 Å². The lowest BCUT2D eigenvalue weighted by Crippen LogP contribution is -2.60. The number of hydrogen-bond acceptors (Lipinski definition) is 8. The van der Waals surface area contributed by atoms with E-state index in [0.29, 0.717) is 0 Å². The number of amides is 4. The number of aliphatic carboxylic acids is 1. The summed E-state index contributed by atoms with van der Waals surface area (Å²) in [4.78, 5) is 65.0. The minimum absolute atomic E-state index is 0.0233. The molecule has 1 rings (SSSR count). The maximum Gasteiger partial charge on any atom is 0.326 e. The smallest absolute Gasteiger partial charge is 0.326 e. The Morgan fingerprint density at radius 3 is 2.05 bits per heavy atom. The Labute approximate surface area is 225 Å². The third-order valence-electron chi connectivity index (χ3n) is 5.57. The molecular formula is C24H38N8O7. The summed E-state index contributed by atoms with van der Waals surface area (Å²) in [5, 5.41) is 26.7. The molecule has 0 spiro atoms. The van der Waals surface area contributed by atoms with Crippen molar-refractivity contribution in [2.45, 2.75) is 69.3 Å². The Balaban J connectivity index is 2.98. The molecule has 0 saturated heterocycles. The number of aliphatic hydroxyl groups excluding tert-OH is 1. The van der Waals surface area contributed by atoms with Crippen LogP contribution in [0.2, 0.25) is 0 Å². The lowest BCUT2D eigenvalue weighted by Gasteiger charge is -2.26. The van der Waals surface area contributed by atoms with Gasteiger partial charge in [-0.1, -0.05) is 30.3 Å². The zero-order chi connectivity index (χ0) is 29.5. The minimum Gasteiger partial charge on any atom is -0.480 e. The van der Waals surface area contributed by atoms with Gasteiger partial charge >= 0.3 is 5.97 Å². The number of carboxylic acid groups (broad SMARTS) is 1. The van der Waals surface area contributed by atoms with Crippen LogP contribution >= 0.6 is 0 Å². The Hall–Kier alpha value is -4.24. The summed E-state index contributed by atoms with van der Waals surface area (Å²) in [5.74, 6) is -4.82. The van der Waals surface area contributed by atoms with E-state index >= 15 is 0 Å². The van der Waals surface area contributed by atoms with E-state index < -0.39 is 59.9 Å². The summed E-state index contributed by atoms with van der Waals surface area (Å²) >= 11 is 0. The van der Waals surface area contributed by atoms with Crippen LogP contribution in [0.4, 0.5) is 0 Å². The monoisotopic (exact) mass is 550 g/mol. The molecular weight excluding hydrogens is 512 g/mol. The predicted molar refractivity (Wildman–Crippen MR) is 142 cm³/mol. The third-order valence-corrected chi connectivity index (χ3v) is 5.57. The van der Waals surface area contributed by atoms with E-state index in [0.717, 1.165) is 5.56 Å². The number of carbonyl (C=O) groups is 5. The van der Waals surface area contributed by atoms with Crippen molar-refractivity contribution in [1.82, 2.24) is 16.0 Å². The fourth-order valence-electron chi connectivity index (χ4n) is 3.48. The van der Waals surface area contributed by atoms with Crippen molar-refractivity contribution in [3.63, 3.8) is 0 Å². The van der Waals surface area contributed by atoms with E-state index in [1.54, 1.807) is 24.3 Å². The maximum absolute atomic E-state index is 13.0. The molecule has 39 heavy (non-hydrogen) atoms. The second-order valence-electron chi connectivity index (χ2n) is 8.94. The number of guanidine groups is 1. The van der Waals surface area contributed by atoms with Gasteiger partial charge in [0.25, 0.3) is 0 Å². The molecule has 216 valence electrons. The van der Waals surface area contributed by atoms with Crippen LogP contribution < -0.4 is 38.9 Å². The van der Waals surface area contributed by atoms with Gasteiger partial charge in [0.2, 0.25) is 23.6 Å². The highest BCUT2D eigenvalue weighted by Crippen LogP contribution is 2.06. The highest BCUT2D eigenvalue weighted by atomic mass is 16.4. The zero-order valence-electron chi connectivity index (χ0n) is 21.7. The Morgan fingerprint density at radius 1 is 0.897 bits per heavy atom. The number of carbonyl (C=O) groups excluding carboxylic acids is 4. The molecule has 0 aromatic heterocycles. The molecule has 4 amide bonds. The van der Waals surface area contributed by atoms with Gasteiger partial charge in [-0.05, 0) is 38.2 Å². The van der Waals surface area contributed by atoms with Gasteiger partial charge in [0.15, 0.2) is 5.96 Å². The van der Waals surface area contributed by atoms with Crippen molar-refractivity contribution in [3.05, 3.63) is 35.9 Å². The highest BCUT2D eigenvalue weighted by molar-refractivity contribution is 5.94. The van der Waals surface area contributed by atoms with Gasteiger partial charge in [0.1, 0.15) is 18.1 Å². The van der Waals surface area contributed by atoms with Gasteiger partial charge in [-0.2, -0.15) is 0 Å². The molecule has 0 aliphatic heterocycles. The van der Waals surface area contributed by atoms with Gasteiger partial charge in [-0.15, -0.1) is 0 Å². The first-order valence-corrected chi connectivity index (χ1v) is 12.3. The van der Waals surface area contributed by atoms with E-state index in [1.165, 1.54) is 6.92 Å². The summed E-state index contributed by atoms with van der Waals surface area (Å²) in [6, 6.07) is 3.70. The fraction of sp³-hybridized carbons (Fsp3) is 0.500. The highest BCUT2D eigenvalue weighted by Gasteiger charge is 2.32. The lowest BCUT2D eigenvalue weighted by atomic mass is 10.0. The van der Waals surface area contributed by atoms with E-state index in [4.69, 9.17) is 22.9 Å². The van der Waals surface area contributed by atoms with Crippen LogP contribution in [0.5, 0.6) is 0 Å². The first-order valence-electron chi connectivity index (χ1n) is 12.3. The van der Waals surface area contributed by atoms with E-state index in [-0.39, 0.29) is 44.6 Å². The normalized spacial score (nSPS) is 14.5. The predicted octanol–water partition coefficient (Wildman–Crippen LogP) is -3.20. The molecule has 0 saturated carbocycles. The van der Waals surface area contributed by atoms with Crippen LogP contribution in [0.15, 0.2) is 35.3 Å². The lowest BCUT2D eigenvalue weighted by molar-refractivity contribution is -0.142.